The van der Waals surface area contributed by atoms with Gasteiger partial charge in [0.15, 0.2) is 11.5 Å². The first kappa shape index (κ1) is 31.5. The molecule has 7 aromatic carbocycles. The molecule has 0 unspecified atom stereocenters. The number of rotatable bonds is 3. The number of benzene rings is 7. The molecule has 1 aliphatic carbocycles. The molecule has 0 fully saturated rings. The van der Waals surface area contributed by atoms with E-state index in [0.29, 0.717) is 0 Å². The number of hydrogen-bond donors (Lipinski definition) is 0. The molecule has 4 nitrogen and oxygen atoms in total. The fraction of sp³-hybridized carbons (Fsp3) is 0.143. The van der Waals surface area contributed by atoms with Crippen LogP contribution in [-0.4, -0.2) is 0 Å². The summed E-state index contributed by atoms with van der Waals surface area (Å²) in [6, 6.07) is 57.3. The van der Waals surface area contributed by atoms with E-state index in [4.69, 9.17) is 4.74 Å². The third kappa shape index (κ3) is 4.75. The lowest BCUT2D eigenvalue weighted by Crippen LogP contribution is -2.24. The second-order valence-electron chi connectivity index (χ2n) is 15.9. The predicted molar refractivity (Wildman–Crippen MR) is 220 cm³/mol. The molecule has 0 saturated heterocycles. The Hall–Kier alpha value is -6.26. The van der Waals surface area contributed by atoms with Crippen LogP contribution in [0.3, 0.4) is 0 Å². The Labute approximate surface area is 312 Å². The van der Waals surface area contributed by atoms with Crippen LogP contribution in [0, 0.1) is 0 Å². The van der Waals surface area contributed by atoms with Gasteiger partial charge in [0.05, 0.1) is 34.1 Å². The van der Waals surface area contributed by atoms with Gasteiger partial charge in [0.25, 0.3) is 0 Å². The van der Waals surface area contributed by atoms with Crippen molar-refractivity contribution < 1.29 is 4.74 Å². The van der Waals surface area contributed by atoms with Crippen molar-refractivity contribution >= 4 is 51.2 Å². The molecular weight excluding hydrogens is 647 g/mol. The molecule has 10 rings (SSSR count). The minimum atomic E-state index is -0.225. The van der Waals surface area contributed by atoms with Crippen molar-refractivity contribution in [2.75, 3.05) is 14.7 Å². The van der Waals surface area contributed by atoms with Gasteiger partial charge in [-0.1, -0.05) is 107 Å². The topological polar surface area (TPSA) is 19.0 Å². The van der Waals surface area contributed by atoms with E-state index < -0.39 is 0 Å². The molecule has 2 aliphatic heterocycles. The van der Waals surface area contributed by atoms with Gasteiger partial charge in [0, 0.05) is 22.5 Å². The Balaban J connectivity index is 1.07. The number of ether oxygens (including phenoxy) is 1. The number of fused-ring (bicyclic) bond motifs is 7. The Morgan fingerprint density at radius 2 is 0.774 bits per heavy atom. The van der Waals surface area contributed by atoms with Crippen LogP contribution in [0.15, 0.2) is 158 Å². The van der Waals surface area contributed by atoms with Crippen molar-refractivity contribution in [3.8, 4) is 22.6 Å². The third-order valence-corrected chi connectivity index (χ3v) is 11.3. The Morgan fingerprint density at radius 3 is 1.21 bits per heavy atom. The second-order valence-corrected chi connectivity index (χ2v) is 15.9. The van der Waals surface area contributed by atoms with Crippen LogP contribution in [0.2, 0.25) is 0 Å². The Kier molecular flexibility index (Phi) is 6.75. The monoisotopic (exact) mass is 687 g/mol. The largest absolute Gasteiger partial charge is 0.453 e. The number of para-hydroxylation sites is 8. The highest BCUT2D eigenvalue weighted by Gasteiger charge is 2.38. The summed E-state index contributed by atoms with van der Waals surface area (Å²) in [6.07, 6.45) is 0. The maximum absolute atomic E-state index is 6.33. The van der Waals surface area contributed by atoms with E-state index in [9.17, 15) is 0 Å². The number of nitrogens with zero attached hydrogens (tertiary/aromatic N) is 3. The summed E-state index contributed by atoms with van der Waals surface area (Å²) in [5, 5.41) is 0. The van der Waals surface area contributed by atoms with Crippen molar-refractivity contribution in [2.24, 2.45) is 0 Å². The van der Waals surface area contributed by atoms with Crippen molar-refractivity contribution in [3.05, 3.63) is 174 Å². The van der Waals surface area contributed by atoms with Gasteiger partial charge in [0.2, 0.25) is 0 Å². The molecule has 2 heterocycles. The fourth-order valence-electron chi connectivity index (χ4n) is 8.59. The van der Waals surface area contributed by atoms with Crippen LogP contribution >= 0.6 is 0 Å². The molecule has 3 aliphatic rings. The summed E-state index contributed by atoms with van der Waals surface area (Å²) in [7, 11) is 0. The quantitative estimate of drug-likeness (QED) is 0.184. The molecule has 258 valence electrons. The molecule has 53 heavy (non-hydrogen) atoms. The number of anilines is 9. The lowest BCUT2D eigenvalue weighted by Gasteiger charge is -2.40. The highest BCUT2D eigenvalue weighted by molar-refractivity contribution is 6.02. The zero-order valence-electron chi connectivity index (χ0n) is 30.8. The molecule has 4 heteroatoms. The molecule has 0 radical (unpaired) electrons. The summed E-state index contributed by atoms with van der Waals surface area (Å²) in [5.74, 6) is 1.72. The summed E-state index contributed by atoms with van der Waals surface area (Å²) < 4.78 is 6.33. The molecule has 0 spiro atoms. The summed E-state index contributed by atoms with van der Waals surface area (Å²) in [6.45, 7) is 11.5. The van der Waals surface area contributed by atoms with E-state index in [1.54, 1.807) is 0 Å². The van der Waals surface area contributed by atoms with Crippen LogP contribution in [0.25, 0.3) is 11.1 Å². The van der Waals surface area contributed by atoms with E-state index in [1.807, 2.05) is 24.3 Å². The SMILES string of the molecule is CC(C)(C)c1ccc(N2c3ccccc3N(c3ccc4c(c3)C(C)(C)c3cc(N5c6ccccc6Oc6ccccc65)ccc3-4)c3ccccc32)cc1. The van der Waals surface area contributed by atoms with Gasteiger partial charge in [-0.25, -0.2) is 0 Å². The standard InChI is InChI=1S/C49H41N3O/c1-48(2,3)32-22-24-33(25-23-32)50-40-14-6-8-16-42(40)51(43-17-9-7-15-41(43)50)34-26-28-36-37-29-27-35(31-39(37)49(4,5)38(36)30-34)52-44-18-10-12-20-46(44)53-47-21-13-11-19-45(47)52/h6-31H,1-5H3. The van der Waals surface area contributed by atoms with Crippen LogP contribution < -0.4 is 19.4 Å². The van der Waals surface area contributed by atoms with Crippen molar-refractivity contribution in [3.63, 3.8) is 0 Å². The predicted octanol–water partition coefficient (Wildman–Crippen LogP) is 14.1. The minimum absolute atomic E-state index is 0.0922. The molecule has 0 amide bonds. The molecule has 7 aromatic rings. The minimum Gasteiger partial charge on any atom is -0.453 e. The first-order chi connectivity index (χ1) is 25.7. The normalized spacial score (nSPS) is 14.7. The zero-order chi connectivity index (χ0) is 36.1. The van der Waals surface area contributed by atoms with Crippen LogP contribution in [0.4, 0.5) is 51.2 Å². The highest BCUT2D eigenvalue weighted by atomic mass is 16.5. The van der Waals surface area contributed by atoms with Gasteiger partial charge in [-0.2, -0.15) is 0 Å². The zero-order valence-corrected chi connectivity index (χ0v) is 30.8. The van der Waals surface area contributed by atoms with Gasteiger partial charge in [0.1, 0.15) is 0 Å². The molecule has 0 aromatic heterocycles. The summed E-state index contributed by atoms with van der Waals surface area (Å²) >= 11 is 0. The van der Waals surface area contributed by atoms with Gasteiger partial charge in [-0.15, -0.1) is 0 Å². The maximum Gasteiger partial charge on any atom is 0.151 e. The average molecular weight is 688 g/mol. The Bertz CT molecular complexity index is 2490. The Morgan fingerprint density at radius 1 is 0.415 bits per heavy atom. The highest BCUT2D eigenvalue weighted by Crippen LogP contribution is 2.57. The van der Waals surface area contributed by atoms with Crippen LogP contribution in [0.5, 0.6) is 11.5 Å². The van der Waals surface area contributed by atoms with Crippen LogP contribution in [-0.2, 0) is 10.8 Å². The van der Waals surface area contributed by atoms with Crippen molar-refractivity contribution in [1.29, 1.82) is 0 Å². The van der Waals surface area contributed by atoms with Gasteiger partial charge in [-0.3, -0.25) is 0 Å². The first-order valence-electron chi connectivity index (χ1n) is 18.5. The lowest BCUT2D eigenvalue weighted by atomic mass is 9.82. The summed E-state index contributed by atoms with van der Waals surface area (Å²) in [4.78, 5) is 7.18. The van der Waals surface area contributed by atoms with Gasteiger partial charge >= 0.3 is 0 Å². The molecule has 0 N–H and O–H groups in total. The second kappa shape index (κ2) is 11.4. The average Bonchev–Trinajstić information content (AvgIpc) is 3.40. The smallest absolute Gasteiger partial charge is 0.151 e. The van der Waals surface area contributed by atoms with Crippen molar-refractivity contribution in [1.82, 2.24) is 0 Å². The third-order valence-electron chi connectivity index (χ3n) is 11.3. The van der Waals surface area contributed by atoms with E-state index in [1.165, 1.54) is 27.8 Å². The van der Waals surface area contributed by atoms with E-state index in [-0.39, 0.29) is 10.8 Å². The van der Waals surface area contributed by atoms with Crippen LogP contribution in [0.1, 0.15) is 51.3 Å². The first-order valence-corrected chi connectivity index (χ1v) is 18.5. The van der Waals surface area contributed by atoms with Gasteiger partial charge < -0.3 is 19.4 Å². The van der Waals surface area contributed by atoms with Gasteiger partial charge in [-0.05, 0) is 118 Å². The maximum atomic E-state index is 6.33. The molecular formula is C49H41N3O. The molecule has 0 bridgehead atoms. The lowest BCUT2D eigenvalue weighted by molar-refractivity contribution is 0.477. The fourth-order valence-corrected chi connectivity index (χ4v) is 8.59. The summed E-state index contributed by atoms with van der Waals surface area (Å²) in [5.41, 5.74) is 16.6. The van der Waals surface area contributed by atoms with E-state index >= 15 is 0 Å². The molecule has 0 saturated carbocycles. The van der Waals surface area contributed by atoms with E-state index in [0.717, 1.165) is 62.7 Å². The molecule has 0 atom stereocenters. The number of hydrogen-bond acceptors (Lipinski definition) is 4. The van der Waals surface area contributed by atoms with Crippen molar-refractivity contribution in [2.45, 2.75) is 45.4 Å². The van der Waals surface area contributed by atoms with E-state index in [2.05, 4.69) is 183 Å².